The number of halogens is 1. The topological polar surface area (TPSA) is 42.4 Å². The molecule has 1 fully saturated rings. The third-order valence-corrected chi connectivity index (χ3v) is 4.77. The first-order valence-corrected chi connectivity index (χ1v) is 8.22. The number of amides is 1. The average molecular weight is 363 g/mol. The van der Waals surface area contributed by atoms with Crippen molar-refractivity contribution in [3.63, 3.8) is 0 Å². The zero-order valence-electron chi connectivity index (χ0n) is 12.0. The quantitative estimate of drug-likeness (QED) is 0.606. The molecule has 0 saturated carbocycles. The largest absolute Gasteiger partial charge is 0.495 e. The molecule has 1 aliphatic rings. The van der Waals surface area contributed by atoms with Crippen LogP contribution in [0.3, 0.4) is 0 Å². The van der Waals surface area contributed by atoms with Gasteiger partial charge in [-0.25, -0.2) is 0 Å². The lowest BCUT2D eigenvalue weighted by Crippen LogP contribution is -2.27. The van der Waals surface area contributed by atoms with E-state index in [1.807, 2.05) is 12.1 Å². The fourth-order valence-corrected chi connectivity index (χ4v) is 3.65. The summed E-state index contributed by atoms with van der Waals surface area (Å²) < 4.78 is 5.59. The molecular weight excluding hydrogens is 352 g/mol. The van der Waals surface area contributed by atoms with Crippen LogP contribution in [0.4, 0.5) is 5.69 Å². The maximum absolute atomic E-state index is 12.6. The fraction of sp³-hybridized carbons (Fsp3) is 0.0625. The monoisotopic (exact) mass is 362 g/mol. The van der Waals surface area contributed by atoms with Crippen molar-refractivity contribution in [2.24, 2.45) is 0 Å². The van der Waals surface area contributed by atoms with Gasteiger partial charge in [-0.15, -0.1) is 0 Å². The number of thioether (sulfide) groups is 1. The van der Waals surface area contributed by atoms with E-state index in [2.05, 4.69) is 4.98 Å². The van der Waals surface area contributed by atoms with Crippen molar-refractivity contribution in [2.45, 2.75) is 0 Å². The Hall–Kier alpha value is -1.89. The highest BCUT2D eigenvalue weighted by Gasteiger charge is 2.33. The lowest BCUT2D eigenvalue weighted by Gasteiger charge is -2.15. The van der Waals surface area contributed by atoms with Crippen LogP contribution < -0.4 is 9.64 Å². The van der Waals surface area contributed by atoms with E-state index in [0.29, 0.717) is 25.7 Å². The molecule has 0 aliphatic carbocycles. The van der Waals surface area contributed by atoms with Crippen LogP contribution in [0.2, 0.25) is 5.02 Å². The Morgan fingerprint density at radius 3 is 2.87 bits per heavy atom. The van der Waals surface area contributed by atoms with Crippen molar-refractivity contribution < 1.29 is 9.53 Å². The fourth-order valence-electron chi connectivity index (χ4n) is 2.10. The molecule has 1 amide bonds. The summed E-state index contributed by atoms with van der Waals surface area (Å²) in [4.78, 5) is 18.7. The Morgan fingerprint density at radius 1 is 1.39 bits per heavy atom. The van der Waals surface area contributed by atoms with Gasteiger partial charge < -0.3 is 4.74 Å². The predicted octanol–water partition coefficient (Wildman–Crippen LogP) is 4.15. The second kappa shape index (κ2) is 6.70. The number of ether oxygens (including phenoxy) is 1. The molecular formula is C16H11ClN2O2S2. The number of carbonyl (C=O) groups excluding carboxylic acids is 1. The number of carbonyl (C=O) groups is 1. The molecule has 2 heterocycles. The van der Waals surface area contributed by atoms with Gasteiger partial charge in [0.2, 0.25) is 0 Å². The number of aromatic nitrogens is 1. The van der Waals surface area contributed by atoms with E-state index < -0.39 is 0 Å². The van der Waals surface area contributed by atoms with E-state index in [9.17, 15) is 4.79 Å². The Balaban J connectivity index is 1.93. The van der Waals surface area contributed by atoms with Crippen LogP contribution >= 0.6 is 35.6 Å². The minimum Gasteiger partial charge on any atom is -0.495 e. The molecule has 7 heteroatoms. The maximum atomic E-state index is 12.6. The second-order valence-electron chi connectivity index (χ2n) is 4.62. The molecule has 1 aliphatic heterocycles. The van der Waals surface area contributed by atoms with Gasteiger partial charge in [0.25, 0.3) is 5.91 Å². The van der Waals surface area contributed by atoms with Gasteiger partial charge in [-0.2, -0.15) is 0 Å². The summed E-state index contributed by atoms with van der Waals surface area (Å²) in [6, 6.07) is 8.82. The third-order valence-electron chi connectivity index (χ3n) is 3.17. The van der Waals surface area contributed by atoms with E-state index in [-0.39, 0.29) is 5.91 Å². The van der Waals surface area contributed by atoms with Crippen LogP contribution in [0.1, 0.15) is 5.56 Å². The van der Waals surface area contributed by atoms with Gasteiger partial charge in [-0.3, -0.25) is 14.7 Å². The maximum Gasteiger partial charge on any atom is 0.270 e. The number of nitrogens with zero attached hydrogens (tertiary/aromatic N) is 2. The Kier molecular flexibility index (Phi) is 4.66. The van der Waals surface area contributed by atoms with Crippen LogP contribution in [0, 0.1) is 0 Å². The molecule has 0 radical (unpaired) electrons. The van der Waals surface area contributed by atoms with Crippen LogP contribution in [-0.4, -0.2) is 22.3 Å². The predicted molar refractivity (Wildman–Crippen MR) is 97.9 cm³/mol. The van der Waals surface area contributed by atoms with E-state index >= 15 is 0 Å². The van der Waals surface area contributed by atoms with E-state index in [4.69, 9.17) is 28.6 Å². The molecule has 0 N–H and O–H groups in total. The highest BCUT2D eigenvalue weighted by Crippen LogP contribution is 2.38. The summed E-state index contributed by atoms with van der Waals surface area (Å²) >= 11 is 12.7. The molecule has 1 saturated heterocycles. The molecule has 1 aromatic heterocycles. The molecule has 2 aromatic rings. The Bertz CT molecular complexity index is 809. The first-order chi connectivity index (χ1) is 11.1. The third kappa shape index (κ3) is 3.24. The van der Waals surface area contributed by atoms with Crippen LogP contribution in [-0.2, 0) is 4.79 Å². The number of anilines is 1. The van der Waals surface area contributed by atoms with Gasteiger partial charge in [0, 0.05) is 12.4 Å². The summed E-state index contributed by atoms with van der Waals surface area (Å²) in [5.74, 6) is 0.372. The molecule has 116 valence electrons. The Morgan fingerprint density at radius 2 is 2.22 bits per heavy atom. The molecule has 0 unspecified atom stereocenters. The van der Waals surface area contributed by atoms with Gasteiger partial charge in [0.15, 0.2) is 4.32 Å². The van der Waals surface area contributed by atoms with Gasteiger partial charge in [0.05, 0.1) is 22.7 Å². The molecule has 1 aromatic carbocycles. The smallest absolute Gasteiger partial charge is 0.270 e. The van der Waals surface area contributed by atoms with Crippen LogP contribution in [0.25, 0.3) is 6.08 Å². The average Bonchev–Trinajstić information content (AvgIpc) is 2.82. The highest BCUT2D eigenvalue weighted by atomic mass is 35.5. The number of hydrogen-bond acceptors (Lipinski definition) is 5. The van der Waals surface area contributed by atoms with Crippen LogP contribution in [0.5, 0.6) is 5.75 Å². The van der Waals surface area contributed by atoms with E-state index in [0.717, 1.165) is 5.56 Å². The first kappa shape index (κ1) is 16.0. The van der Waals surface area contributed by atoms with Gasteiger partial charge in [0.1, 0.15) is 5.75 Å². The SMILES string of the molecule is COc1ccc(N2C(=O)/C(=C\c3cccnc3)SC2=S)cc1Cl. The van der Waals surface area contributed by atoms with Crippen molar-refractivity contribution in [2.75, 3.05) is 12.0 Å². The van der Waals surface area contributed by atoms with Crippen molar-refractivity contribution in [3.05, 3.63) is 58.2 Å². The number of pyridine rings is 1. The minimum absolute atomic E-state index is 0.176. The summed E-state index contributed by atoms with van der Waals surface area (Å²) in [5, 5.41) is 0.426. The summed E-state index contributed by atoms with van der Waals surface area (Å²) in [7, 11) is 1.54. The molecule has 0 atom stereocenters. The van der Waals surface area contributed by atoms with Gasteiger partial charge >= 0.3 is 0 Å². The first-order valence-electron chi connectivity index (χ1n) is 6.61. The highest BCUT2D eigenvalue weighted by molar-refractivity contribution is 8.27. The van der Waals surface area contributed by atoms with E-state index in [1.54, 1.807) is 36.7 Å². The van der Waals surface area contributed by atoms with E-state index in [1.165, 1.54) is 23.8 Å². The van der Waals surface area contributed by atoms with Gasteiger partial charge in [-0.05, 0) is 35.9 Å². The molecule has 4 nitrogen and oxygen atoms in total. The summed E-state index contributed by atoms with van der Waals surface area (Å²) in [6.07, 6.45) is 5.15. The number of methoxy groups -OCH3 is 1. The van der Waals surface area contributed by atoms with Crippen molar-refractivity contribution in [3.8, 4) is 5.75 Å². The molecule has 0 bridgehead atoms. The number of benzene rings is 1. The lowest BCUT2D eigenvalue weighted by molar-refractivity contribution is -0.113. The minimum atomic E-state index is -0.176. The lowest BCUT2D eigenvalue weighted by atomic mass is 10.2. The summed E-state index contributed by atoms with van der Waals surface area (Å²) in [5.41, 5.74) is 1.47. The molecule has 3 rings (SSSR count). The molecule has 0 spiro atoms. The van der Waals surface area contributed by atoms with Crippen molar-refractivity contribution in [1.82, 2.24) is 4.98 Å². The number of rotatable bonds is 3. The zero-order valence-corrected chi connectivity index (χ0v) is 14.4. The zero-order chi connectivity index (χ0) is 16.4. The van der Waals surface area contributed by atoms with Gasteiger partial charge in [-0.1, -0.05) is 41.6 Å². The van der Waals surface area contributed by atoms with Crippen molar-refractivity contribution in [1.29, 1.82) is 0 Å². The normalized spacial score (nSPS) is 16.3. The van der Waals surface area contributed by atoms with Crippen LogP contribution in [0.15, 0.2) is 47.6 Å². The van der Waals surface area contributed by atoms with Crippen molar-refractivity contribution >= 4 is 57.6 Å². The number of hydrogen-bond donors (Lipinski definition) is 0. The second-order valence-corrected chi connectivity index (χ2v) is 6.71. The standard InChI is InChI=1S/C16H11ClN2O2S2/c1-21-13-5-4-11(8-12(13)17)19-15(20)14(23-16(19)22)7-10-3-2-6-18-9-10/h2-9H,1H3/b14-7+. The Labute approximate surface area is 148 Å². The summed E-state index contributed by atoms with van der Waals surface area (Å²) in [6.45, 7) is 0. The molecule has 23 heavy (non-hydrogen) atoms. The number of thiocarbonyl (C=S) groups is 1.